The number of likely N-dealkylation sites (tertiary alicyclic amines) is 1. The third-order valence-corrected chi connectivity index (χ3v) is 4.82. The van der Waals surface area contributed by atoms with Crippen molar-refractivity contribution in [2.24, 2.45) is 11.8 Å². The molecule has 2 saturated heterocycles. The average molecular weight is 262 g/mol. The van der Waals surface area contributed by atoms with Crippen LogP contribution in [0.4, 0.5) is 4.39 Å². The van der Waals surface area contributed by atoms with E-state index in [0.717, 1.165) is 18.3 Å². The Kier molecular flexibility index (Phi) is 3.85. The van der Waals surface area contributed by atoms with Crippen LogP contribution in [0.3, 0.4) is 0 Å². The summed E-state index contributed by atoms with van der Waals surface area (Å²) in [6.07, 6.45) is 2.39. The summed E-state index contributed by atoms with van der Waals surface area (Å²) in [7, 11) is 0. The molecule has 1 aromatic rings. The van der Waals surface area contributed by atoms with Crippen molar-refractivity contribution < 1.29 is 4.39 Å². The van der Waals surface area contributed by atoms with Crippen molar-refractivity contribution >= 4 is 0 Å². The van der Waals surface area contributed by atoms with Crippen molar-refractivity contribution in [3.05, 3.63) is 35.6 Å². The van der Waals surface area contributed by atoms with Gasteiger partial charge in [0.1, 0.15) is 5.82 Å². The summed E-state index contributed by atoms with van der Waals surface area (Å²) in [4.78, 5) is 2.60. The number of nitrogens with zero attached hydrogens (tertiary/aromatic N) is 1. The topological polar surface area (TPSA) is 15.3 Å². The largest absolute Gasteiger partial charge is 0.316 e. The molecule has 2 heterocycles. The minimum Gasteiger partial charge on any atom is -0.316 e. The summed E-state index contributed by atoms with van der Waals surface area (Å²) >= 11 is 0. The molecule has 3 atom stereocenters. The van der Waals surface area contributed by atoms with E-state index in [9.17, 15) is 4.39 Å². The van der Waals surface area contributed by atoms with Crippen molar-refractivity contribution in [2.45, 2.75) is 25.8 Å². The smallest absolute Gasteiger partial charge is 0.123 e. The van der Waals surface area contributed by atoms with Gasteiger partial charge in [-0.2, -0.15) is 0 Å². The van der Waals surface area contributed by atoms with E-state index in [1.54, 1.807) is 12.1 Å². The minimum absolute atomic E-state index is 0.141. The zero-order chi connectivity index (χ0) is 13.2. The Morgan fingerprint density at radius 1 is 1.26 bits per heavy atom. The van der Waals surface area contributed by atoms with Crippen molar-refractivity contribution in [3.63, 3.8) is 0 Å². The van der Waals surface area contributed by atoms with Crippen LogP contribution in [0.15, 0.2) is 24.3 Å². The van der Waals surface area contributed by atoms with Crippen molar-refractivity contribution in [3.8, 4) is 0 Å². The molecular formula is C16H23FN2. The molecule has 2 fully saturated rings. The van der Waals surface area contributed by atoms with Crippen LogP contribution in [0, 0.1) is 17.7 Å². The molecule has 1 N–H and O–H groups in total. The molecule has 2 nitrogen and oxygen atoms in total. The number of rotatable bonds is 3. The molecule has 0 amide bonds. The van der Waals surface area contributed by atoms with E-state index in [1.165, 1.54) is 38.2 Å². The van der Waals surface area contributed by atoms with E-state index in [-0.39, 0.29) is 5.82 Å². The number of hydrogen-bond donors (Lipinski definition) is 1. The summed E-state index contributed by atoms with van der Waals surface area (Å²) in [6, 6.07) is 7.51. The number of benzene rings is 1. The molecule has 0 saturated carbocycles. The van der Waals surface area contributed by atoms with E-state index >= 15 is 0 Å². The Labute approximate surface area is 115 Å². The van der Waals surface area contributed by atoms with Gasteiger partial charge in [0.15, 0.2) is 0 Å². The lowest BCUT2D eigenvalue weighted by Gasteiger charge is -2.39. The fraction of sp³-hybridized carbons (Fsp3) is 0.625. The monoisotopic (exact) mass is 262 g/mol. The van der Waals surface area contributed by atoms with E-state index in [2.05, 4.69) is 17.1 Å². The fourth-order valence-electron chi connectivity index (χ4n) is 3.74. The second-order valence-electron chi connectivity index (χ2n) is 5.94. The van der Waals surface area contributed by atoms with Gasteiger partial charge in [0.2, 0.25) is 0 Å². The van der Waals surface area contributed by atoms with Crippen LogP contribution >= 0.6 is 0 Å². The number of hydrogen-bond acceptors (Lipinski definition) is 2. The molecule has 0 bridgehead atoms. The molecule has 2 aliphatic heterocycles. The van der Waals surface area contributed by atoms with Crippen LogP contribution in [-0.2, 0) is 0 Å². The maximum Gasteiger partial charge on any atom is 0.123 e. The van der Waals surface area contributed by atoms with Crippen LogP contribution in [0.25, 0.3) is 0 Å². The molecule has 0 radical (unpaired) electrons. The highest BCUT2D eigenvalue weighted by Crippen LogP contribution is 2.33. The third-order valence-electron chi connectivity index (χ3n) is 4.82. The van der Waals surface area contributed by atoms with Crippen LogP contribution in [0.5, 0.6) is 0 Å². The summed E-state index contributed by atoms with van der Waals surface area (Å²) in [5.41, 5.74) is 1.26. The maximum atomic E-state index is 13.1. The van der Waals surface area contributed by atoms with Gasteiger partial charge in [0, 0.05) is 12.6 Å². The van der Waals surface area contributed by atoms with Crippen molar-refractivity contribution in [1.82, 2.24) is 10.2 Å². The van der Waals surface area contributed by atoms with E-state index in [1.807, 2.05) is 12.1 Å². The highest BCUT2D eigenvalue weighted by Gasteiger charge is 2.35. The Balaban J connectivity index is 1.73. The zero-order valence-electron chi connectivity index (χ0n) is 11.6. The SMILES string of the molecule is CCC(c1ccc(F)cc1)N1CCC2CNCC2C1. The molecule has 3 unspecified atom stereocenters. The Bertz CT molecular complexity index is 417. The molecule has 1 aromatic carbocycles. The molecular weight excluding hydrogens is 239 g/mol. The summed E-state index contributed by atoms with van der Waals surface area (Å²) in [5, 5.41) is 3.51. The minimum atomic E-state index is -0.141. The Hall–Kier alpha value is -0.930. The first-order valence-corrected chi connectivity index (χ1v) is 7.48. The van der Waals surface area contributed by atoms with Gasteiger partial charge in [0.05, 0.1) is 0 Å². The lowest BCUT2D eigenvalue weighted by atomic mass is 9.87. The van der Waals surface area contributed by atoms with Crippen LogP contribution in [0.1, 0.15) is 31.4 Å². The maximum absolute atomic E-state index is 13.1. The number of halogens is 1. The molecule has 3 heteroatoms. The average Bonchev–Trinajstić information content (AvgIpc) is 2.89. The van der Waals surface area contributed by atoms with E-state index in [4.69, 9.17) is 0 Å². The highest BCUT2D eigenvalue weighted by molar-refractivity contribution is 5.20. The number of fused-ring (bicyclic) bond motifs is 1. The van der Waals surface area contributed by atoms with Gasteiger partial charge >= 0.3 is 0 Å². The lowest BCUT2D eigenvalue weighted by Crippen LogP contribution is -2.41. The van der Waals surface area contributed by atoms with Gasteiger partial charge in [-0.15, -0.1) is 0 Å². The van der Waals surface area contributed by atoms with E-state index in [0.29, 0.717) is 6.04 Å². The van der Waals surface area contributed by atoms with Gasteiger partial charge < -0.3 is 5.32 Å². The molecule has 104 valence electrons. The number of piperidine rings is 1. The first kappa shape index (κ1) is 13.1. The molecule has 0 spiro atoms. The first-order chi connectivity index (χ1) is 9.28. The van der Waals surface area contributed by atoms with E-state index < -0.39 is 0 Å². The Morgan fingerprint density at radius 2 is 2.00 bits per heavy atom. The first-order valence-electron chi connectivity index (χ1n) is 7.48. The van der Waals surface area contributed by atoms with Gasteiger partial charge in [-0.3, -0.25) is 4.90 Å². The molecule has 3 rings (SSSR count). The van der Waals surface area contributed by atoms with Crippen LogP contribution in [0.2, 0.25) is 0 Å². The fourth-order valence-corrected chi connectivity index (χ4v) is 3.74. The summed E-state index contributed by atoms with van der Waals surface area (Å²) < 4.78 is 13.1. The highest BCUT2D eigenvalue weighted by atomic mass is 19.1. The quantitative estimate of drug-likeness (QED) is 0.901. The molecule has 2 aliphatic rings. The third kappa shape index (κ3) is 2.67. The molecule has 0 aliphatic carbocycles. The van der Waals surface area contributed by atoms with Gasteiger partial charge in [-0.05, 0) is 62.0 Å². The Morgan fingerprint density at radius 3 is 2.74 bits per heavy atom. The van der Waals surface area contributed by atoms with Crippen molar-refractivity contribution in [2.75, 3.05) is 26.2 Å². The van der Waals surface area contributed by atoms with Gasteiger partial charge in [-0.1, -0.05) is 19.1 Å². The molecule has 0 aromatic heterocycles. The summed E-state index contributed by atoms with van der Waals surface area (Å²) in [6.45, 7) is 6.96. The predicted octanol–water partition coefficient (Wildman–Crippen LogP) is 2.82. The predicted molar refractivity (Wildman–Crippen MR) is 75.5 cm³/mol. The standard InChI is InChI=1S/C16H23FN2/c1-2-16(12-3-5-15(17)6-4-12)19-8-7-13-9-18-10-14(13)11-19/h3-6,13-14,16,18H,2,7-11H2,1H3. The van der Waals surface area contributed by atoms with Crippen molar-refractivity contribution in [1.29, 1.82) is 0 Å². The second kappa shape index (κ2) is 5.59. The zero-order valence-corrected chi connectivity index (χ0v) is 11.6. The normalized spacial score (nSPS) is 29.2. The lowest BCUT2D eigenvalue weighted by molar-refractivity contribution is 0.101. The second-order valence-corrected chi connectivity index (χ2v) is 5.94. The number of nitrogens with one attached hydrogen (secondary N) is 1. The van der Waals surface area contributed by atoms with Gasteiger partial charge in [-0.25, -0.2) is 4.39 Å². The molecule has 19 heavy (non-hydrogen) atoms. The van der Waals surface area contributed by atoms with Crippen LogP contribution in [-0.4, -0.2) is 31.1 Å². The summed E-state index contributed by atoms with van der Waals surface area (Å²) in [5.74, 6) is 1.54. The van der Waals surface area contributed by atoms with Crippen LogP contribution < -0.4 is 5.32 Å². The van der Waals surface area contributed by atoms with Gasteiger partial charge in [0.25, 0.3) is 0 Å².